The van der Waals surface area contributed by atoms with Crippen molar-refractivity contribution < 1.29 is 0 Å². The predicted molar refractivity (Wildman–Crippen MR) is 79.1 cm³/mol. The number of hydrogen-bond acceptors (Lipinski definition) is 2. The summed E-state index contributed by atoms with van der Waals surface area (Å²) in [5.41, 5.74) is 18.3. The number of hydrogen-bond donors (Lipinski definition) is 0. The highest BCUT2D eigenvalue weighted by atomic mass is 15.1. The average Bonchev–Trinajstić information content (AvgIpc) is 2.48. The van der Waals surface area contributed by atoms with Crippen molar-refractivity contribution >= 4 is 32.9 Å². The van der Waals surface area contributed by atoms with E-state index < -0.39 is 0 Å². The van der Waals surface area contributed by atoms with E-state index in [0.717, 1.165) is 21.5 Å². The van der Waals surface area contributed by atoms with Crippen LogP contribution in [-0.2, 0) is 0 Å². The molecule has 0 N–H and O–H groups in total. The lowest BCUT2D eigenvalue weighted by molar-refractivity contribution is 1.49. The van der Waals surface area contributed by atoms with Gasteiger partial charge in [-0.2, -0.15) is 0 Å². The molecule has 0 aliphatic carbocycles. The molecule has 6 heteroatoms. The van der Waals surface area contributed by atoms with Crippen LogP contribution < -0.4 is 0 Å². The first-order valence-corrected chi connectivity index (χ1v) is 5.89. The molecule has 6 nitrogen and oxygen atoms in total. The minimum atomic E-state index is 0.530. The fraction of sp³-hybridized carbons (Fsp3) is 0. The van der Waals surface area contributed by atoms with E-state index in [4.69, 9.17) is 11.1 Å². The Bertz CT molecular complexity index is 917. The minimum Gasteiger partial charge on any atom is -0.0616 e. The van der Waals surface area contributed by atoms with E-state index >= 15 is 0 Å². The molecular formula is C14H8N6. The average molecular weight is 260 g/mol. The Hall–Kier alpha value is -3.20. The van der Waals surface area contributed by atoms with Crippen LogP contribution in [0.2, 0.25) is 0 Å². The third-order valence-corrected chi connectivity index (χ3v) is 3.13. The van der Waals surface area contributed by atoms with Crippen LogP contribution in [0, 0.1) is 0 Å². The van der Waals surface area contributed by atoms with Crippen molar-refractivity contribution in [1.29, 1.82) is 0 Å². The molecule has 3 aromatic carbocycles. The second kappa shape index (κ2) is 4.82. The largest absolute Gasteiger partial charge is 0.0616 e. The van der Waals surface area contributed by atoms with E-state index in [9.17, 15) is 0 Å². The maximum Gasteiger partial charge on any atom is 0.0460 e. The van der Waals surface area contributed by atoms with E-state index in [1.165, 1.54) is 0 Å². The highest BCUT2D eigenvalue weighted by molar-refractivity contribution is 6.12. The summed E-state index contributed by atoms with van der Waals surface area (Å²) < 4.78 is 0. The van der Waals surface area contributed by atoms with Crippen LogP contribution in [0.25, 0.3) is 42.4 Å². The van der Waals surface area contributed by atoms with Crippen LogP contribution in [0.1, 0.15) is 0 Å². The molecule has 94 valence electrons. The topological polar surface area (TPSA) is 97.5 Å². The van der Waals surface area contributed by atoms with Crippen LogP contribution in [-0.4, -0.2) is 0 Å². The van der Waals surface area contributed by atoms with Gasteiger partial charge in [0.2, 0.25) is 0 Å². The van der Waals surface area contributed by atoms with Gasteiger partial charge in [-0.3, -0.25) is 0 Å². The van der Waals surface area contributed by atoms with E-state index in [-0.39, 0.29) is 0 Å². The van der Waals surface area contributed by atoms with Gasteiger partial charge in [0.05, 0.1) is 0 Å². The SMILES string of the molecule is [N-]=[N+]=Nc1ccc2c(c1)cc(N=[N+]=[N-])c1ccccc12. The first-order chi connectivity index (χ1) is 9.83. The molecule has 0 heterocycles. The van der Waals surface area contributed by atoms with Gasteiger partial charge in [0.15, 0.2) is 0 Å². The maximum absolute atomic E-state index is 8.68. The van der Waals surface area contributed by atoms with Gasteiger partial charge in [-0.25, -0.2) is 0 Å². The zero-order valence-electron chi connectivity index (χ0n) is 10.3. The van der Waals surface area contributed by atoms with Gasteiger partial charge in [0.25, 0.3) is 0 Å². The van der Waals surface area contributed by atoms with Crippen molar-refractivity contribution in [2.75, 3.05) is 0 Å². The van der Waals surface area contributed by atoms with Crippen molar-refractivity contribution in [3.8, 4) is 0 Å². The van der Waals surface area contributed by atoms with E-state index in [0.29, 0.717) is 11.4 Å². The molecule has 0 atom stereocenters. The fourth-order valence-corrected chi connectivity index (χ4v) is 2.33. The minimum absolute atomic E-state index is 0.530. The molecule has 3 aromatic rings. The Balaban J connectivity index is 2.47. The zero-order valence-corrected chi connectivity index (χ0v) is 10.3. The lowest BCUT2D eigenvalue weighted by atomic mass is 10.00. The number of fused-ring (bicyclic) bond motifs is 3. The first-order valence-electron chi connectivity index (χ1n) is 5.89. The summed E-state index contributed by atoms with van der Waals surface area (Å²) in [5.74, 6) is 0. The summed E-state index contributed by atoms with van der Waals surface area (Å²) in [6, 6.07) is 15.0. The summed E-state index contributed by atoms with van der Waals surface area (Å²) in [4.78, 5) is 5.64. The van der Waals surface area contributed by atoms with Gasteiger partial charge in [-0.15, -0.1) is 0 Å². The highest BCUT2D eigenvalue weighted by Gasteiger charge is 2.05. The second-order valence-corrected chi connectivity index (χ2v) is 4.23. The monoisotopic (exact) mass is 260 g/mol. The molecular weight excluding hydrogens is 252 g/mol. The van der Waals surface area contributed by atoms with Gasteiger partial charge < -0.3 is 0 Å². The molecule has 0 radical (unpaired) electrons. The second-order valence-electron chi connectivity index (χ2n) is 4.23. The Kier molecular flexibility index (Phi) is 2.86. The van der Waals surface area contributed by atoms with E-state index in [2.05, 4.69) is 20.1 Å². The highest BCUT2D eigenvalue weighted by Crippen LogP contribution is 2.35. The molecule has 0 unspecified atom stereocenters. The number of azide groups is 2. The normalized spacial score (nSPS) is 10.0. The Morgan fingerprint density at radius 2 is 1.50 bits per heavy atom. The Labute approximate surface area is 113 Å². The van der Waals surface area contributed by atoms with Crippen molar-refractivity contribution in [2.45, 2.75) is 0 Å². The summed E-state index contributed by atoms with van der Waals surface area (Å²) in [5, 5.41) is 11.1. The van der Waals surface area contributed by atoms with Crippen LogP contribution in [0.3, 0.4) is 0 Å². The lowest BCUT2D eigenvalue weighted by Crippen LogP contribution is -1.78. The molecule has 0 bridgehead atoms. The summed E-state index contributed by atoms with van der Waals surface area (Å²) in [6.07, 6.45) is 0. The van der Waals surface area contributed by atoms with Gasteiger partial charge in [0, 0.05) is 21.2 Å². The van der Waals surface area contributed by atoms with E-state index in [1.807, 2.05) is 30.3 Å². The molecule has 3 rings (SSSR count). The number of nitrogens with zero attached hydrogens (tertiary/aromatic N) is 6. The number of benzene rings is 3. The van der Waals surface area contributed by atoms with Crippen molar-refractivity contribution in [3.63, 3.8) is 0 Å². The predicted octanol–water partition coefficient (Wildman–Crippen LogP) is 5.88. The third kappa shape index (κ3) is 1.87. The molecule has 0 aromatic heterocycles. The lowest BCUT2D eigenvalue weighted by Gasteiger charge is -2.07. The van der Waals surface area contributed by atoms with Crippen molar-refractivity contribution in [3.05, 3.63) is 69.4 Å². The standard InChI is InChI=1S/C14H8N6/c15-19-17-10-5-6-11-9(7-10)8-14(18-20-16)13-4-2-1-3-12(11)13/h1-8H. The first kappa shape index (κ1) is 11.9. The Morgan fingerprint density at radius 1 is 0.750 bits per heavy atom. The van der Waals surface area contributed by atoms with Gasteiger partial charge in [-0.1, -0.05) is 46.6 Å². The summed E-state index contributed by atoms with van der Waals surface area (Å²) in [7, 11) is 0. The molecule has 0 amide bonds. The van der Waals surface area contributed by atoms with Crippen LogP contribution in [0.15, 0.2) is 58.8 Å². The quantitative estimate of drug-likeness (QED) is 0.238. The molecule has 0 spiro atoms. The molecule has 20 heavy (non-hydrogen) atoms. The Morgan fingerprint density at radius 3 is 2.25 bits per heavy atom. The van der Waals surface area contributed by atoms with Crippen LogP contribution in [0.5, 0.6) is 0 Å². The third-order valence-electron chi connectivity index (χ3n) is 3.13. The molecule has 0 saturated carbocycles. The van der Waals surface area contributed by atoms with E-state index in [1.54, 1.807) is 18.2 Å². The number of rotatable bonds is 2. The molecule has 0 aliphatic rings. The summed E-state index contributed by atoms with van der Waals surface area (Å²) >= 11 is 0. The maximum atomic E-state index is 8.68. The van der Waals surface area contributed by atoms with Gasteiger partial charge in [0.1, 0.15) is 0 Å². The van der Waals surface area contributed by atoms with Crippen molar-refractivity contribution in [2.24, 2.45) is 10.2 Å². The molecule has 0 aliphatic heterocycles. The molecule has 0 saturated heterocycles. The smallest absolute Gasteiger partial charge is 0.0460 e. The fourth-order valence-electron chi connectivity index (χ4n) is 2.33. The summed E-state index contributed by atoms with van der Waals surface area (Å²) in [6.45, 7) is 0. The molecule has 0 fully saturated rings. The van der Waals surface area contributed by atoms with Crippen LogP contribution >= 0.6 is 0 Å². The van der Waals surface area contributed by atoms with Gasteiger partial charge >= 0.3 is 0 Å². The zero-order chi connectivity index (χ0) is 13.9. The van der Waals surface area contributed by atoms with Gasteiger partial charge in [-0.05, 0) is 44.7 Å². The van der Waals surface area contributed by atoms with Crippen LogP contribution in [0.4, 0.5) is 11.4 Å². The van der Waals surface area contributed by atoms with Crippen molar-refractivity contribution in [1.82, 2.24) is 0 Å².